The Morgan fingerprint density at radius 1 is 1.22 bits per heavy atom. The van der Waals surface area contributed by atoms with Crippen molar-refractivity contribution in [2.45, 2.75) is 38.6 Å². The lowest BCUT2D eigenvalue weighted by atomic mass is 9.91. The minimum absolute atomic E-state index is 0.172. The van der Waals surface area contributed by atoms with Crippen LogP contribution in [-0.2, 0) is 11.3 Å². The van der Waals surface area contributed by atoms with Crippen LogP contribution in [0.3, 0.4) is 0 Å². The molecule has 0 bridgehead atoms. The standard InChI is InChI=1S/C18H24N2O3/c1-12-8-16(17(21)22)11-20(10-12)18(23)19-9-13-2-4-14(5-3-13)15-6-7-15/h2-5,12,15-16H,6-11H2,1H3,(H,19,23)(H,21,22). The van der Waals surface area contributed by atoms with Gasteiger partial charge in [0, 0.05) is 19.6 Å². The predicted molar refractivity (Wildman–Crippen MR) is 87.1 cm³/mol. The first-order valence-corrected chi connectivity index (χ1v) is 8.37. The van der Waals surface area contributed by atoms with Gasteiger partial charge in [-0.2, -0.15) is 0 Å². The summed E-state index contributed by atoms with van der Waals surface area (Å²) in [6.45, 7) is 3.39. The molecule has 1 aliphatic carbocycles. The summed E-state index contributed by atoms with van der Waals surface area (Å²) in [5, 5.41) is 12.1. The molecule has 5 nitrogen and oxygen atoms in total. The second-order valence-electron chi connectivity index (χ2n) is 6.96. The van der Waals surface area contributed by atoms with Crippen LogP contribution in [0.15, 0.2) is 24.3 Å². The third-order valence-electron chi connectivity index (χ3n) is 4.77. The number of nitrogens with one attached hydrogen (secondary N) is 1. The molecule has 2 amide bonds. The highest BCUT2D eigenvalue weighted by Crippen LogP contribution is 2.39. The second-order valence-corrected chi connectivity index (χ2v) is 6.96. The number of carbonyl (C=O) groups is 2. The minimum atomic E-state index is -0.815. The van der Waals surface area contributed by atoms with E-state index in [0.29, 0.717) is 26.1 Å². The lowest BCUT2D eigenvalue weighted by Crippen LogP contribution is -2.49. The maximum absolute atomic E-state index is 12.3. The van der Waals surface area contributed by atoms with Crippen molar-refractivity contribution >= 4 is 12.0 Å². The van der Waals surface area contributed by atoms with Gasteiger partial charge in [0.2, 0.25) is 0 Å². The molecule has 23 heavy (non-hydrogen) atoms. The first kappa shape index (κ1) is 15.8. The molecule has 1 aromatic carbocycles. The Balaban J connectivity index is 1.52. The number of carboxylic acids is 1. The number of amides is 2. The lowest BCUT2D eigenvalue weighted by molar-refractivity contribution is -0.143. The highest BCUT2D eigenvalue weighted by molar-refractivity contribution is 5.76. The van der Waals surface area contributed by atoms with E-state index in [9.17, 15) is 14.7 Å². The molecule has 2 unspecified atom stereocenters. The molecule has 1 heterocycles. The maximum atomic E-state index is 12.3. The van der Waals surface area contributed by atoms with Crippen molar-refractivity contribution in [1.82, 2.24) is 10.2 Å². The van der Waals surface area contributed by atoms with E-state index in [1.807, 2.05) is 6.92 Å². The van der Waals surface area contributed by atoms with Gasteiger partial charge >= 0.3 is 12.0 Å². The highest BCUT2D eigenvalue weighted by Gasteiger charge is 2.31. The number of piperidine rings is 1. The molecule has 0 aromatic heterocycles. The van der Waals surface area contributed by atoms with E-state index in [1.54, 1.807) is 4.90 Å². The fraction of sp³-hybridized carbons (Fsp3) is 0.556. The van der Waals surface area contributed by atoms with Gasteiger partial charge in [-0.3, -0.25) is 4.79 Å². The summed E-state index contributed by atoms with van der Waals surface area (Å²) in [6.07, 6.45) is 3.21. The molecule has 1 aliphatic heterocycles. The number of carboxylic acid groups (broad SMARTS) is 1. The van der Waals surface area contributed by atoms with Crippen LogP contribution in [0.1, 0.15) is 43.2 Å². The quantitative estimate of drug-likeness (QED) is 0.897. The number of likely N-dealkylation sites (tertiary alicyclic amines) is 1. The smallest absolute Gasteiger partial charge is 0.317 e. The summed E-state index contributed by atoms with van der Waals surface area (Å²) in [4.78, 5) is 25.1. The van der Waals surface area contributed by atoms with E-state index in [1.165, 1.54) is 18.4 Å². The van der Waals surface area contributed by atoms with Crippen molar-refractivity contribution in [3.8, 4) is 0 Å². The van der Waals surface area contributed by atoms with Crippen molar-refractivity contribution in [2.75, 3.05) is 13.1 Å². The molecular weight excluding hydrogens is 292 g/mol. The molecular formula is C18H24N2O3. The zero-order valence-electron chi connectivity index (χ0n) is 13.5. The van der Waals surface area contributed by atoms with Crippen molar-refractivity contribution in [1.29, 1.82) is 0 Å². The van der Waals surface area contributed by atoms with Crippen LogP contribution in [0, 0.1) is 11.8 Å². The van der Waals surface area contributed by atoms with Gasteiger partial charge in [-0.05, 0) is 42.2 Å². The van der Waals surface area contributed by atoms with E-state index < -0.39 is 11.9 Å². The Morgan fingerprint density at radius 2 is 1.91 bits per heavy atom. The summed E-state index contributed by atoms with van der Waals surface area (Å²) >= 11 is 0. The molecule has 2 N–H and O–H groups in total. The molecule has 124 valence electrons. The van der Waals surface area contributed by atoms with Gasteiger partial charge in [0.15, 0.2) is 0 Å². The Labute approximate surface area is 136 Å². The third-order valence-corrected chi connectivity index (χ3v) is 4.77. The van der Waals surface area contributed by atoms with Gasteiger partial charge in [-0.15, -0.1) is 0 Å². The topological polar surface area (TPSA) is 69.6 Å². The molecule has 0 radical (unpaired) electrons. The van der Waals surface area contributed by atoms with Gasteiger partial charge in [-0.1, -0.05) is 31.2 Å². The van der Waals surface area contributed by atoms with E-state index >= 15 is 0 Å². The van der Waals surface area contributed by atoms with Gasteiger partial charge < -0.3 is 15.3 Å². The summed E-state index contributed by atoms with van der Waals surface area (Å²) in [7, 11) is 0. The van der Waals surface area contributed by atoms with Crippen molar-refractivity contribution < 1.29 is 14.7 Å². The summed E-state index contributed by atoms with van der Waals surface area (Å²) in [5.74, 6) is -0.317. The average molecular weight is 316 g/mol. The highest BCUT2D eigenvalue weighted by atomic mass is 16.4. The van der Waals surface area contributed by atoms with Gasteiger partial charge in [0.25, 0.3) is 0 Å². The van der Waals surface area contributed by atoms with Crippen LogP contribution in [0.25, 0.3) is 0 Å². The average Bonchev–Trinajstić information content (AvgIpc) is 3.37. The van der Waals surface area contributed by atoms with Gasteiger partial charge in [0.1, 0.15) is 0 Å². The monoisotopic (exact) mass is 316 g/mol. The van der Waals surface area contributed by atoms with Gasteiger partial charge in [0.05, 0.1) is 5.92 Å². The number of hydrogen-bond donors (Lipinski definition) is 2. The normalized spacial score (nSPS) is 24.3. The lowest BCUT2D eigenvalue weighted by Gasteiger charge is -2.34. The molecule has 2 atom stereocenters. The van der Waals surface area contributed by atoms with E-state index in [0.717, 1.165) is 11.5 Å². The zero-order valence-corrected chi connectivity index (χ0v) is 13.5. The van der Waals surface area contributed by atoms with Crippen molar-refractivity contribution in [2.24, 2.45) is 11.8 Å². The van der Waals surface area contributed by atoms with E-state index in [4.69, 9.17) is 0 Å². The molecule has 0 spiro atoms. The van der Waals surface area contributed by atoms with Crippen LogP contribution >= 0.6 is 0 Å². The van der Waals surface area contributed by atoms with Gasteiger partial charge in [-0.25, -0.2) is 4.79 Å². The fourth-order valence-corrected chi connectivity index (χ4v) is 3.31. The van der Waals surface area contributed by atoms with E-state index in [-0.39, 0.29) is 11.9 Å². The number of benzene rings is 1. The Morgan fingerprint density at radius 3 is 2.52 bits per heavy atom. The first-order valence-electron chi connectivity index (χ1n) is 8.37. The van der Waals surface area contributed by atoms with Crippen LogP contribution < -0.4 is 5.32 Å². The van der Waals surface area contributed by atoms with Crippen LogP contribution in [-0.4, -0.2) is 35.1 Å². The first-order chi connectivity index (χ1) is 11.0. The number of rotatable bonds is 4. The molecule has 3 rings (SSSR count). The van der Waals surface area contributed by atoms with Crippen molar-refractivity contribution in [3.05, 3.63) is 35.4 Å². The summed E-state index contributed by atoms with van der Waals surface area (Å²) < 4.78 is 0. The second kappa shape index (κ2) is 6.60. The minimum Gasteiger partial charge on any atom is -0.481 e. The molecule has 1 saturated heterocycles. The zero-order chi connectivity index (χ0) is 16.4. The molecule has 2 aliphatic rings. The van der Waals surface area contributed by atoms with Crippen LogP contribution in [0.2, 0.25) is 0 Å². The largest absolute Gasteiger partial charge is 0.481 e. The Bertz CT molecular complexity index is 580. The SMILES string of the molecule is CC1CC(C(=O)O)CN(C(=O)NCc2ccc(C3CC3)cc2)C1. The predicted octanol–water partition coefficient (Wildman–Crippen LogP) is 2.82. The molecule has 2 fully saturated rings. The number of hydrogen-bond acceptors (Lipinski definition) is 2. The van der Waals surface area contributed by atoms with Crippen LogP contribution in [0.5, 0.6) is 0 Å². The third kappa shape index (κ3) is 4.03. The number of nitrogens with zero attached hydrogens (tertiary/aromatic N) is 1. The summed E-state index contributed by atoms with van der Waals surface area (Å²) in [6, 6.07) is 8.24. The molecule has 1 saturated carbocycles. The number of carbonyl (C=O) groups excluding carboxylic acids is 1. The molecule has 5 heteroatoms. The Hall–Kier alpha value is -2.04. The number of urea groups is 1. The molecule has 1 aromatic rings. The fourth-order valence-electron chi connectivity index (χ4n) is 3.31. The Kier molecular flexibility index (Phi) is 4.55. The van der Waals surface area contributed by atoms with Crippen LogP contribution in [0.4, 0.5) is 4.79 Å². The summed E-state index contributed by atoms with van der Waals surface area (Å²) in [5.41, 5.74) is 2.46. The van der Waals surface area contributed by atoms with Crippen molar-refractivity contribution in [3.63, 3.8) is 0 Å². The number of aliphatic carboxylic acids is 1. The maximum Gasteiger partial charge on any atom is 0.317 e. The van der Waals surface area contributed by atoms with E-state index in [2.05, 4.69) is 29.6 Å².